The minimum Gasteiger partial charge on any atom is -0.390 e. The van der Waals surface area contributed by atoms with E-state index in [0.29, 0.717) is 11.4 Å². The van der Waals surface area contributed by atoms with E-state index >= 15 is 0 Å². The fourth-order valence-corrected chi connectivity index (χ4v) is 1.38. The molecule has 0 spiro atoms. The van der Waals surface area contributed by atoms with E-state index in [-0.39, 0.29) is 12.4 Å². The largest absolute Gasteiger partial charge is 0.390 e. The monoisotopic (exact) mass is 206 g/mol. The van der Waals surface area contributed by atoms with Gasteiger partial charge in [-0.2, -0.15) is 5.10 Å². The van der Waals surface area contributed by atoms with Crippen LogP contribution in [-0.2, 0) is 6.61 Å². The predicted molar refractivity (Wildman–Crippen MR) is 54.2 cm³/mol. The van der Waals surface area contributed by atoms with Crippen LogP contribution < -0.4 is 0 Å². The first-order chi connectivity index (χ1) is 7.20. The van der Waals surface area contributed by atoms with Crippen molar-refractivity contribution in [1.82, 2.24) is 9.78 Å². The molecule has 1 aromatic heterocycles. The van der Waals surface area contributed by atoms with E-state index in [1.54, 1.807) is 18.3 Å². The molecular formula is C11H11FN2O. The van der Waals surface area contributed by atoms with Gasteiger partial charge in [0.05, 0.1) is 12.3 Å². The molecule has 3 nitrogen and oxygen atoms in total. The summed E-state index contributed by atoms with van der Waals surface area (Å²) in [5.74, 6) is -0.317. The van der Waals surface area contributed by atoms with Gasteiger partial charge in [0.25, 0.3) is 0 Å². The average Bonchev–Trinajstić information content (AvgIpc) is 2.66. The van der Waals surface area contributed by atoms with Gasteiger partial charge >= 0.3 is 0 Å². The summed E-state index contributed by atoms with van der Waals surface area (Å²) in [6.45, 7) is 1.69. The Morgan fingerprint density at radius 2 is 2.20 bits per heavy atom. The number of aromatic nitrogens is 2. The van der Waals surface area contributed by atoms with Gasteiger partial charge in [-0.05, 0) is 30.7 Å². The molecule has 0 unspecified atom stereocenters. The summed E-state index contributed by atoms with van der Waals surface area (Å²) in [7, 11) is 0. The molecule has 0 aliphatic heterocycles. The van der Waals surface area contributed by atoms with Gasteiger partial charge in [-0.3, -0.25) is 0 Å². The van der Waals surface area contributed by atoms with Gasteiger partial charge in [0.15, 0.2) is 0 Å². The number of benzene rings is 1. The molecule has 1 heterocycles. The summed E-state index contributed by atoms with van der Waals surface area (Å²) in [5, 5.41) is 12.9. The van der Waals surface area contributed by atoms with Crippen LogP contribution in [0.15, 0.2) is 30.5 Å². The third-order valence-corrected chi connectivity index (χ3v) is 2.16. The minimum atomic E-state index is -0.317. The first kappa shape index (κ1) is 9.86. The third-order valence-electron chi connectivity index (χ3n) is 2.16. The maximum Gasteiger partial charge on any atom is 0.149 e. The second-order valence-corrected chi connectivity index (χ2v) is 3.36. The number of hydrogen-bond donors (Lipinski definition) is 1. The highest BCUT2D eigenvalue weighted by Gasteiger charge is 2.05. The molecule has 0 bridgehead atoms. The molecule has 1 aromatic carbocycles. The molecule has 0 saturated carbocycles. The molecule has 0 radical (unpaired) electrons. The van der Waals surface area contributed by atoms with E-state index < -0.39 is 0 Å². The number of rotatable bonds is 2. The van der Waals surface area contributed by atoms with Crippen molar-refractivity contribution < 1.29 is 9.50 Å². The molecule has 0 aliphatic rings. The zero-order chi connectivity index (χ0) is 10.8. The zero-order valence-corrected chi connectivity index (χ0v) is 8.31. The standard InChI is InChI=1S/C11H11FN2O/c1-8-2-3-11(10(12)6-8)14-5-4-9(7-15)13-14/h2-6,15H,7H2,1H3. The summed E-state index contributed by atoms with van der Waals surface area (Å²) in [5.41, 5.74) is 1.78. The van der Waals surface area contributed by atoms with Crippen LogP contribution >= 0.6 is 0 Å². The molecule has 15 heavy (non-hydrogen) atoms. The Morgan fingerprint density at radius 1 is 1.40 bits per heavy atom. The first-order valence-corrected chi connectivity index (χ1v) is 4.62. The molecule has 2 rings (SSSR count). The molecule has 2 aromatic rings. The fourth-order valence-electron chi connectivity index (χ4n) is 1.38. The summed E-state index contributed by atoms with van der Waals surface area (Å²) >= 11 is 0. The van der Waals surface area contributed by atoms with Gasteiger partial charge in [0.2, 0.25) is 0 Å². The van der Waals surface area contributed by atoms with Crippen molar-refractivity contribution in [3.8, 4) is 5.69 Å². The highest BCUT2D eigenvalue weighted by atomic mass is 19.1. The highest BCUT2D eigenvalue weighted by Crippen LogP contribution is 2.14. The van der Waals surface area contributed by atoms with E-state index in [9.17, 15) is 4.39 Å². The Hall–Kier alpha value is -1.68. The fraction of sp³-hybridized carbons (Fsp3) is 0.182. The molecule has 1 N–H and O–H groups in total. The van der Waals surface area contributed by atoms with E-state index in [1.165, 1.54) is 10.7 Å². The topological polar surface area (TPSA) is 38.0 Å². The summed E-state index contributed by atoms with van der Waals surface area (Å²) in [6, 6.07) is 6.59. The number of nitrogens with zero attached hydrogens (tertiary/aromatic N) is 2. The lowest BCUT2D eigenvalue weighted by Crippen LogP contribution is -1.99. The van der Waals surface area contributed by atoms with Gasteiger partial charge in [0, 0.05) is 6.20 Å². The lowest BCUT2D eigenvalue weighted by Gasteiger charge is -2.03. The van der Waals surface area contributed by atoms with Gasteiger partial charge in [-0.1, -0.05) is 6.07 Å². The third kappa shape index (κ3) is 1.89. The van der Waals surface area contributed by atoms with Crippen molar-refractivity contribution in [3.05, 3.63) is 47.5 Å². The quantitative estimate of drug-likeness (QED) is 0.813. The summed E-state index contributed by atoms with van der Waals surface area (Å²) < 4.78 is 14.9. The molecular weight excluding hydrogens is 195 g/mol. The smallest absolute Gasteiger partial charge is 0.149 e. The maximum absolute atomic E-state index is 13.5. The number of aliphatic hydroxyl groups excluding tert-OH is 1. The Kier molecular flexibility index (Phi) is 2.51. The molecule has 0 aliphatic carbocycles. The van der Waals surface area contributed by atoms with E-state index in [1.807, 2.05) is 13.0 Å². The lowest BCUT2D eigenvalue weighted by molar-refractivity contribution is 0.276. The van der Waals surface area contributed by atoms with Crippen molar-refractivity contribution in [2.24, 2.45) is 0 Å². The Labute approximate surface area is 86.8 Å². The van der Waals surface area contributed by atoms with Gasteiger partial charge in [-0.25, -0.2) is 9.07 Å². The number of aryl methyl sites for hydroxylation is 1. The van der Waals surface area contributed by atoms with Crippen LogP contribution in [0.25, 0.3) is 5.69 Å². The van der Waals surface area contributed by atoms with Crippen molar-refractivity contribution in [1.29, 1.82) is 0 Å². The highest BCUT2D eigenvalue weighted by molar-refractivity contribution is 5.35. The Morgan fingerprint density at radius 3 is 2.80 bits per heavy atom. The van der Waals surface area contributed by atoms with Crippen molar-refractivity contribution >= 4 is 0 Å². The van der Waals surface area contributed by atoms with Crippen LogP contribution in [0.3, 0.4) is 0 Å². The molecule has 4 heteroatoms. The van der Waals surface area contributed by atoms with Gasteiger partial charge in [-0.15, -0.1) is 0 Å². The normalized spacial score (nSPS) is 10.6. The predicted octanol–water partition coefficient (Wildman–Crippen LogP) is 1.81. The average molecular weight is 206 g/mol. The van der Waals surface area contributed by atoms with Gasteiger partial charge in [0.1, 0.15) is 11.5 Å². The molecule has 0 saturated heterocycles. The summed E-state index contributed by atoms with van der Waals surface area (Å²) in [6.07, 6.45) is 1.62. The zero-order valence-electron chi connectivity index (χ0n) is 8.31. The van der Waals surface area contributed by atoms with E-state index in [4.69, 9.17) is 5.11 Å². The number of hydrogen-bond acceptors (Lipinski definition) is 2. The Bertz CT molecular complexity index is 479. The molecule has 78 valence electrons. The van der Waals surface area contributed by atoms with Gasteiger partial charge < -0.3 is 5.11 Å². The number of aliphatic hydroxyl groups is 1. The summed E-state index contributed by atoms with van der Waals surface area (Å²) in [4.78, 5) is 0. The maximum atomic E-state index is 13.5. The lowest BCUT2D eigenvalue weighted by atomic mass is 10.2. The van der Waals surface area contributed by atoms with Crippen LogP contribution in [0, 0.1) is 12.7 Å². The van der Waals surface area contributed by atoms with E-state index in [0.717, 1.165) is 5.56 Å². The van der Waals surface area contributed by atoms with Crippen LogP contribution in [0.5, 0.6) is 0 Å². The van der Waals surface area contributed by atoms with Crippen LogP contribution in [-0.4, -0.2) is 14.9 Å². The van der Waals surface area contributed by atoms with E-state index in [2.05, 4.69) is 5.10 Å². The molecule has 0 atom stereocenters. The molecule has 0 fully saturated rings. The minimum absolute atomic E-state index is 0.138. The van der Waals surface area contributed by atoms with Crippen LogP contribution in [0.1, 0.15) is 11.3 Å². The first-order valence-electron chi connectivity index (χ1n) is 4.62. The second kappa shape index (κ2) is 3.82. The SMILES string of the molecule is Cc1ccc(-n2ccc(CO)n2)c(F)c1. The van der Waals surface area contributed by atoms with Crippen molar-refractivity contribution in [3.63, 3.8) is 0 Å². The van der Waals surface area contributed by atoms with Crippen LogP contribution in [0.2, 0.25) is 0 Å². The van der Waals surface area contributed by atoms with Crippen LogP contribution in [0.4, 0.5) is 4.39 Å². The molecule has 0 amide bonds. The Balaban J connectivity index is 2.44. The second-order valence-electron chi connectivity index (χ2n) is 3.36. The number of halogens is 1. The van der Waals surface area contributed by atoms with Crippen molar-refractivity contribution in [2.75, 3.05) is 0 Å². The van der Waals surface area contributed by atoms with Crippen molar-refractivity contribution in [2.45, 2.75) is 13.5 Å².